The van der Waals surface area contributed by atoms with Gasteiger partial charge in [-0.2, -0.15) is 5.26 Å². The molecular weight excluding hydrogens is 180 g/mol. The van der Waals surface area contributed by atoms with Crippen LogP contribution in [0.25, 0.3) is 0 Å². The molecule has 1 aromatic heterocycles. The van der Waals surface area contributed by atoms with Gasteiger partial charge in [-0.15, -0.1) is 11.3 Å². The topological polar surface area (TPSA) is 35.8 Å². The fourth-order valence-electron chi connectivity index (χ4n) is 0.867. The highest BCUT2D eigenvalue weighted by molar-refractivity contribution is 7.16. The summed E-state index contributed by atoms with van der Waals surface area (Å²) < 4.78 is 0. The summed E-state index contributed by atoms with van der Waals surface area (Å²) in [4.78, 5) is 0.762. The van der Waals surface area contributed by atoms with Gasteiger partial charge in [-0.05, 0) is 25.0 Å². The Kier molecular flexibility index (Phi) is 3.32. The minimum absolute atomic E-state index is 0.449. The third-order valence-electron chi connectivity index (χ3n) is 2.09. The smallest absolute Gasteiger partial charge is 0.110 e. The van der Waals surface area contributed by atoms with Gasteiger partial charge in [0.2, 0.25) is 0 Å². The lowest BCUT2D eigenvalue weighted by atomic mass is 10.1. The van der Waals surface area contributed by atoms with Crippen LogP contribution in [0, 0.1) is 17.2 Å². The molecular formula is C10H14N2S. The van der Waals surface area contributed by atoms with E-state index < -0.39 is 0 Å². The van der Waals surface area contributed by atoms with Crippen LogP contribution >= 0.6 is 11.3 Å². The summed E-state index contributed by atoms with van der Waals surface area (Å²) in [6.45, 7) is 6.50. The van der Waals surface area contributed by atoms with Gasteiger partial charge in [-0.1, -0.05) is 13.8 Å². The number of nitriles is 1. The second-order valence-corrected chi connectivity index (χ2v) is 4.54. The maximum atomic E-state index is 8.63. The minimum atomic E-state index is 0.449. The van der Waals surface area contributed by atoms with Gasteiger partial charge in [0.15, 0.2) is 0 Å². The van der Waals surface area contributed by atoms with Gasteiger partial charge in [-0.3, -0.25) is 0 Å². The van der Waals surface area contributed by atoms with Gasteiger partial charge in [0.05, 0.1) is 5.00 Å². The van der Waals surface area contributed by atoms with Crippen molar-refractivity contribution in [1.29, 1.82) is 5.26 Å². The maximum absolute atomic E-state index is 8.63. The third-order valence-corrected chi connectivity index (χ3v) is 3.01. The van der Waals surface area contributed by atoms with E-state index in [1.54, 1.807) is 0 Å². The first-order chi connectivity index (χ1) is 6.13. The van der Waals surface area contributed by atoms with Crippen LogP contribution in [0.5, 0.6) is 0 Å². The molecule has 1 aromatic rings. The first kappa shape index (κ1) is 10.1. The Balaban J connectivity index is 2.60. The van der Waals surface area contributed by atoms with E-state index in [9.17, 15) is 0 Å². The highest BCUT2D eigenvalue weighted by Crippen LogP contribution is 2.22. The second-order valence-electron chi connectivity index (χ2n) is 3.45. The molecule has 0 radical (unpaired) electrons. The molecule has 1 unspecified atom stereocenters. The third kappa shape index (κ3) is 2.74. The van der Waals surface area contributed by atoms with Crippen molar-refractivity contribution < 1.29 is 0 Å². The lowest BCUT2D eigenvalue weighted by Crippen LogP contribution is -2.20. The molecule has 70 valence electrons. The highest BCUT2D eigenvalue weighted by atomic mass is 32.1. The molecule has 0 aliphatic carbocycles. The van der Waals surface area contributed by atoms with Gasteiger partial charge in [0, 0.05) is 6.04 Å². The molecule has 1 atom stereocenters. The Morgan fingerprint density at radius 2 is 2.08 bits per heavy atom. The van der Waals surface area contributed by atoms with E-state index in [-0.39, 0.29) is 0 Å². The molecule has 1 heterocycles. The summed E-state index contributed by atoms with van der Waals surface area (Å²) >= 11 is 1.51. The summed E-state index contributed by atoms with van der Waals surface area (Å²) in [5.41, 5.74) is 0. The number of nitrogens with one attached hydrogen (secondary N) is 1. The van der Waals surface area contributed by atoms with Gasteiger partial charge in [0.25, 0.3) is 0 Å². The molecule has 0 saturated carbocycles. The predicted octanol–water partition coefficient (Wildman–Crippen LogP) is 3.08. The Morgan fingerprint density at radius 3 is 2.54 bits per heavy atom. The maximum Gasteiger partial charge on any atom is 0.110 e. The molecule has 0 saturated heterocycles. The number of nitrogens with zero attached hydrogens (tertiary/aromatic N) is 1. The van der Waals surface area contributed by atoms with Crippen molar-refractivity contribution in [1.82, 2.24) is 0 Å². The molecule has 2 nitrogen and oxygen atoms in total. The summed E-state index contributed by atoms with van der Waals surface area (Å²) in [6, 6.07) is 6.39. The number of hydrogen-bond donors (Lipinski definition) is 1. The molecule has 0 amide bonds. The standard InChI is InChI=1S/C10H14N2S/c1-7(2)8(3)12-10-5-4-9(6-11)13-10/h4-5,7-8,12H,1-3H3. The van der Waals surface area contributed by atoms with Crippen LogP contribution < -0.4 is 5.32 Å². The first-order valence-electron chi connectivity index (χ1n) is 4.40. The number of thiophene rings is 1. The van der Waals surface area contributed by atoms with Crippen molar-refractivity contribution in [2.24, 2.45) is 5.92 Å². The van der Waals surface area contributed by atoms with E-state index >= 15 is 0 Å². The van der Waals surface area contributed by atoms with E-state index in [0.29, 0.717) is 12.0 Å². The van der Waals surface area contributed by atoms with E-state index in [1.807, 2.05) is 12.1 Å². The molecule has 0 aliphatic rings. The van der Waals surface area contributed by atoms with Crippen molar-refractivity contribution in [2.45, 2.75) is 26.8 Å². The van der Waals surface area contributed by atoms with Crippen LogP contribution in [0.3, 0.4) is 0 Å². The Morgan fingerprint density at radius 1 is 1.38 bits per heavy atom. The van der Waals surface area contributed by atoms with Crippen LogP contribution in [0.2, 0.25) is 0 Å². The average molecular weight is 194 g/mol. The lowest BCUT2D eigenvalue weighted by molar-refractivity contribution is 0.561. The number of hydrogen-bond acceptors (Lipinski definition) is 3. The van der Waals surface area contributed by atoms with Gasteiger partial charge in [-0.25, -0.2) is 0 Å². The van der Waals surface area contributed by atoms with Crippen molar-refractivity contribution >= 4 is 16.3 Å². The van der Waals surface area contributed by atoms with Crippen LogP contribution in [-0.4, -0.2) is 6.04 Å². The zero-order chi connectivity index (χ0) is 9.84. The molecule has 1 N–H and O–H groups in total. The molecule has 13 heavy (non-hydrogen) atoms. The van der Waals surface area contributed by atoms with Crippen LogP contribution in [0.15, 0.2) is 12.1 Å². The Bertz CT molecular complexity index is 309. The van der Waals surface area contributed by atoms with Crippen molar-refractivity contribution in [3.8, 4) is 6.07 Å². The Hall–Kier alpha value is -1.01. The van der Waals surface area contributed by atoms with E-state index in [4.69, 9.17) is 5.26 Å². The van der Waals surface area contributed by atoms with E-state index in [2.05, 4.69) is 32.2 Å². The molecule has 0 bridgehead atoms. The van der Waals surface area contributed by atoms with Crippen molar-refractivity contribution in [2.75, 3.05) is 5.32 Å². The minimum Gasteiger partial charge on any atom is -0.374 e. The van der Waals surface area contributed by atoms with Gasteiger partial charge < -0.3 is 5.32 Å². The molecule has 0 spiro atoms. The summed E-state index contributed by atoms with van der Waals surface area (Å²) in [5.74, 6) is 0.604. The van der Waals surface area contributed by atoms with E-state index in [0.717, 1.165) is 9.88 Å². The molecule has 0 fully saturated rings. The second kappa shape index (κ2) is 4.29. The van der Waals surface area contributed by atoms with Crippen LogP contribution in [0.1, 0.15) is 25.6 Å². The Labute approximate surface area is 83.2 Å². The zero-order valence-electron chi connectivity index (χ0n) is 8.16. The summed E-state index contributed by atoms with van der Waals surface area (Å²) in [6.07, 6.45) is 0. The normalized spacial score (nSPS) is 12.5. The van der Waals surface area contributed by atoms with Crippen molar-refractivity contribution in [3.05, 3.63) is 17.0 Å². The summed E-state index contributed by atoms with van der Waals surface area (Å²) in [5, 5.41) is 13.1. The van der Waals surface area contributed by atoms with Gasteiger partial charge in [0.1, 0.15) is 10.9 Å². The van der Waals surface area contributed by atoms with E-state index in [1.165, 1.54) is 11.3 Å². The zero-order valence-corrected chi connectivity index (χ0v) is 8.98. The predicted molar refractivity (Wildman–Crippen MR) is 57.0 cm³/mol. The number of rotatable bonds is 3. The molecule has 0 aromatic carbocycles. The average Bonchev–Trinajstić information content (AvgIpc) is 2.52. The fraction of sp³-hybridized carbons (Fsp3) is 0.500. The lowest BCUT2D eigenvalue weighted by Gasteiger charge is -2.16. The van der Waals surface area contributed by atoms with Crippen LogP contribution in [0.4, 0.5) is 5.00 Å². The summed E-state index contributed by atoms with van der Waals surface area (Å²) in [7, 11) is 0. The fourth-order valence-corrected chi connectivity index (χ4v) is 1.67. The van der Waals surface area contributed by atoms with Crippen molar-refractivity contribution in [3.63, 3.8) is 0 Å². The largest absolute Gasteiger partial charge is 0.374 e. The monoisotopic (exact) mass is 194 g/mol. The molecule has 1 rings (SSSR count). The molecule has 0 aliphatic heterocycles. The SMILES string of the molecule is CC(C)C(C)Nc1ccc(C#N)s1. The number of anilines is 1. The first-order valence-corrected chi connectivity index (χ1v) is 5.21. The van der Waals surface area contributed by atoms with Gasteiger partial charge >= 0.3 is 0 Å². The highest BCUT2D eigenvalue weighted by Gasteiger charge is 2.07. The quantitative estimate of drug-likeness (QED) is 0.802. The molecule has 3 heteroatoms. The van der Waals surface area contributed by atoms with Crippen LogP contribution in [-0.2, 0) is 0 Å².